The summed E-state index contributed by atoms with van der Waals surface area (Å²) < 4.78 is 0. The van der Waals surface area contributed by atoms with E-state index in [1.807, 2.05) is 31.2 Å². The van der Waals surface area contributed by atoms with Crippen molar-refractivity contribution in [2.24, 2.45) is 4.99 Å². The summed E-state index contributed by atoms with van der Waals surface area (Å²) in [7, 11) is 1.75. The number of rotatable bonds is 7. The minimum absolute atomic E-state index is 0. The van der Waals surface area contributed by atoms with Crippen molar-refractivity contribution < 1.29 is 4.79 Å². The van der Waals surface area contributed by atoms with Crippen LogP contribution in [0.4, 0.5) is 0 Å². The first-order valence-electron chi connectivity index (χ1n) is 8.43. The Balaban J connectivity index is 0.00000338. The average molecular weight is 486 g/mol. The lowest BCUT2D eigenvalue weighted by atomic mass is 10.1. The highest BCUT2D eigenvalue weighted by molar-refractivity contribution is 14.0. The first kappa shape index (κ1) is 22.4. The fourth-order valence-electron chi connectivity index (χ4n) is 2.39. The zero-order valence-electron chi connectivity index (χ0n) is 15.4. The molecule has 0 fully saturated rings. The highest BCUT2D eigenvalue weighted by Gasteiger charge is 2.08. The first-order valence-corrected chi connectivity index (χ1v) is 9.31. The number of nitrogens with one attached hydrogen (secondary N) is 3. The van der Waals surface area contributed by atoms with Gasteiger partial charge in [0, 0.05) is 43.0 Å². The van der Waals surface area contributed by atoms with Crippen LogP contribution in [0.15, 0.2) is 46.8 Å². The Hall–Kier alpha value is -1.61. The fraction of sp³-hybridized carbons (Fsp3) is 0.368. The Morgan fingerprint density at radius 1 is 1.15 bits per heavy atom. The van der Waals surface area contributed by atoms with Crippen LogP contribution in [0.2, 0.25) is 0 Å². The van der Waals surface area contributed by atoms with Gasteiger partial charge >= 0.3 is 0 Å². The van der Waals surface area contributed by atoms with E-state index in [0.29, 0.717) is 24.6 Å². The number of amides is 1. The average Bonchev–Trinajstić information content (AvgIpc) is 3.15. The van der Waals surface area contributed by atoms with Crippen molar-refractivity contribution in [1.82, 2.24) is 16.0 Å². The number of hydrogen-bond acceptors (Lipinski definition) is 3. The molecule has 0 saturated carbocycles. The van der Waals surface area contributed by atoms with Crippen LogP contribution >= 0.6 is 35.3 Å². The van der Waals surface area contributed by atoms with Gasteiger partial charge in [-0.1, -0.05) is 30.7 Å². The van der Waals surface area contributed by atoms with Crippen LogP contribution in [0, 0.1) is 6.92 Å². The van der Waals surface area contributed by atoms with E-state index in [1.54, 1.807) is 18.4 Å². The lowest BCUT2D eigenvalue weighted by Gasteiger charge is -2.15. The van der Waals surface area contributed by atoms with E-state index in [1.165, 1.54) is 4.88 Å². The molecule has 142 valence electrons. The standard InChI is InChI=1S/C19H26N4OS.HI/c1-14-6-4-7-16(12-14)18(24)21-9-10-22-19(20-3)23-13-15(2)17-8-5-11-25-17;/h4-8,11-12,15H,9-10,13H2,1-3H3,(H,21,24)(H2,20,22,23);1H. The molecule has 1 heterocycles. The number of thiophene rings is 1. The SMILES string of the molecule is CN=C(NCCNC(=O)c1cccc(C)c1)NCC(C)c1cccs1.I. The molecular weight excluding hydrogens is 459 g/mol. The molecule has 1 unspecified atom stereocenters. The number of guanidine groups is 1. The van der Waals surface area contributed by atoms with E-state index in [4.69, 9.17) is 0 Å². The minimum atomic E-state index is -0.0558. The molecule has 1 atom stereocenters. The Labute approximate surface area is 176 Å². The molecule has 0 aliphatic heterocycles. The largest absolute Gasteiger partial charge is 0.356 e. The Kier molecular flexibility index (Phi) is 10.3. The molecule has 2 rings (SSSR count). The molecular formula is C19H27IN4OS. The van der Waals surface area contributed by atoms with Gasteiger partial charge in [0.2, 0.25) is 0 Å². The van der Waals surface area contributed by atoms with Gasteiger partial charge in [0.05, 0.1) is 0 Å². The number of benzene rings is 1. The normalized spacial score (nSPS) is 12.0. The summed E-state index contributed by atoms with van der Waals surface area (Å²) in [6.45, 7) is 6.13. The van der Waals surface area contributed by atoms with Gasteiger partial charge in [0.15, 0.2) is 5.96 Å². The predicted molar refractivity (Wildman–Crippen MR) is 121 cm³/mol. The highest BCUT2D eigenvalue weighted by Crippen LogP contribution is 2.19. The van der Waals surface area contributed by atoms with Crippen LogP contribution in [0.25, 0.3) is 0 Å². The molecule has 1 aromatic carbocycles. The van der Waals surface area contributed by atoms with Gasteiger partial charge in [0.1, 0.15) is 0 Å². The zero-order chi connectivity index (χ0) is 18.1. The number of carbonyl (C=O) groups excluding carboxylic acids is 1. The second-order valence-corrected chi connectivity index (χ2v) is 6.90. The minimum Gasteiger partial charge on any atom is -0.356 e. The molecule has 3 N–H and O–H groups in total. The van der Waals surface area contributed by atoms with Gasteiger partial charge in [-0.2, -0.15) is 0 Å². The molecule has 26 heavy (non-hydrogen) atoms. The van der Waals surface area contributed by atoms with Crippen molar-refractivity contribution in [2.45, 2.75) is 19.8 Å². The van der Waals surface area contributed by atoms with E-state index in [2.05, 4.69) is 45.4 Å². The molecule has 0 radical (unpaired) electrons. The van der Waals surface area contributed by atoms with Gasteiger partial charge < -0.3 is 16.0 Å². The Bertz CT molecular complexity index is 703. The van der Waals surface area contributed by atoms with Crippen molar-refractivity contribution in [3.63, 3.8) is 0 Å². The maximum absolute atomic E-state index is 12.1. The summed E-state index contributed by atoms with van der Waals surface area (Å²) in [4.78, 5) is 17.6. The predicted octanol–water partition coefficient (Wildman–Crippen LogP) is 3.37. The first-order chi connectivity index (χ1) is 12.1. The summed E-state index contributed by atoms with van der Waals surface area (Å²) in [6, 6.07) is 11.8. The zero-order valence-corrected chi connectivity index (χ0v) is 18.6. The summed E-state index contributed by atoms with van der Waals surface area (Å²) in [5.74, 6) is 1.12. The molecule has 0 spiro atoms. The smallest absolute Gasteiger partial charge is 0.251 e. The molecule has 1 amide bonds. The topological polar surface area (TPSA) is 65.5 Å². The summed E-state index contributed by atoms with van der Waals surface area (Å²) in [6.07, 6.45) is 0. The van der Waals surface area contributed by atoms with Crippen LogP contribution < -0.4 is 16.0 Å². The second kappa shape index (κ2) is 11.9. The summed E-state index contributed by atoms with van der Waals surface area (Å²) in [5, 5.41) is 11.5. The van der Waals surface area contributed by atoms with E-state index in [0.717, 1.165) is 18.1 Å². The Morgan fingerprint density at radius 2 is 1.92 bits per heavy atom. The third kappa shape index (κ3) is 7.33. The molecule has 0 aliphatic rings. The van der Waals surface area contributed by atoms with Crippen molar-refractivity contribution in [2.75, 3.05) is 26.7 Å². The summed E-state index contributed by atoms with van der Waals surface area (Å²) in [5.41, 5.74) is 1.77. The van der Waals surface area contributed by atoms with E-state index in [9.17, 15) is 4.79 Å². The number of aryl methyl sites for hydroxylation is 1. The van der Waals surface area contributed by atoms with Crippen molar-refractivity contribution in [3.8, 4) is 0 Å². The van der Waals surface area contributed by atoms with Gasteiger partial charge in [-0.25, -0.2) is 0 Å². The quantitative estimate of drug-likeness (QED) is 0.243. The van der Waals surface area contributed by atoms with E-state index >= 15 is 0 Å². The third-order valence-electron chi connectivity index (χ3n) is 3.81. The molecule has 0 bridgehead atoms. The molecule has 7 heteroatoms. The molecule has 2 aromatic rings. The van der Waals surface area contributed by atoms with Crippen LogP contribution in [-0.2, 0) is 0 Å². The maximum atomic E-state index is 12.1. The fourth-order valence-corrected chi connectivity index (χ4v) is 3.17. The molecule has 5 nitrogen and oxygen atoms in total. The molecule has 0 aliphatic carbocycles. The van der Waals surface area contributed by atoms with Crippen molar-refractivity contribution >= 4 is 47.2 Å². The maximum Gasteiger partial charge on any atom is 0.251 e. The van der Waals surface area contributed by atoms with Crippen molar-refractivity contribution in [3.05, 3.63) is 57.8 Å². The second-order valence-electron chi connectivity index (χ2n) is 5.92. The third-order valence-corrected chi connectivity index (χ3v) is 4.92. The van der Waals surface area contributed by atoms with Crippen LogP contribution in [-0.4, -0.2) is 38.5 Å². The van der Waals surface area contributed by atoms with E-state index < -0.39 is 0 Å². The molecule has 1 aromatic heterocycles. The number of hydrogen-bond donors (Lipinski definition) is 3. The van der Waals surface area contributed by atoms with Crippen LogP contribution in [0.5, 0.6) is 0 Å². The van der Waals surface area contributed by atoms with Crippen LogP contribution in [0.1, 0.15) is 33.6 Å². The lowest BCUT2D eigenvalue weighted by molar-refractivity contribution is 0.0954. The number of nitrogens with zero attached hydrogens (tertiary/aromatic N) is 1. The monoisotopic (exact) mass is 486 g/mol. The summed E-state index contributed by atoms with van der Waals surface area (Å²) >= 11 is 1.77. The van der Waals surface area contributed by atoms with Gasteiger partial charge in [-0.15, -0.1) is 35.3 Å². The number of aliphatic imine (C=N–C) groups is 1. The van der Waals surface area contributed by atoms with Gasteiger partial charge in [-0.3, -0.25) is 9.79 Å². The molecule has 0 saturated heterocycles. The van der Waals surface area contributed by atoms with Crippen LogP contribution in [0.3, 0.4) is 0 Å². The number of carbonyl (C=O) groups is 1. The van der Waals surface area contributed by atoms with Gasteiger partial charge in [0.25, 0.3) is 5.91 Å². The highest BCUT2D eigenvalue weighted by atomic mass is 127. The number of halogens is 1. The van der Waals surface area contributed by atoms with Crippen molar-refractivity contribution in [1.29, 1.82) is 0 Å². The lowest BCUT2D eigenvalue weighted by Crippen LogP contribution is -2.42. The Morgan fingerprint density at radius 3 is 2.58 bits per heavy atom. The van der Waals surface area contributed by atoms with Gasteiger partial charge in [-0.05, 0) is 30.5 Å². The van der Waals surface area contributed by atoms with E-state index in [-0.39, 0.29) is 29.9 Å².